The molecule has 0 fully saturated rings. The van der Waals surface area contributed by atoms with Crippen LogP contribution in [0.2, 0.25) is 0 Å². The highest BCUT2D eigenvalue weighted by Crippen LogP contribution is 2.27. The summed E-state index contributed by atoms with van der Waals surface area (Å²) in [7, 11) is 0. The number of benzene rings is 2. The number of nitrogens with one attached hydrogen (secondary N) is 1. The molecule has 3 aromatic rings. The third-order valence-electron chi connectivity index (χ3n) is 3.44. The van der Waals surface area contributed by atoms with Crippen LogP contribution in [0, 0.1) is 0 Å². The molecule has 0 aliphatic rings. The Hall–Kier alpha value is -2.62. The van der Waals surface area contributed by atoms with Crippen molar-refractivity contribution in [2.45, 2.75) is 20.0 Å². The maximum Gasteiger partial charge on any atom is 0.146 e. The quantitative estimate of drug-likeness (QED) is 0.775. The Morgan fingerprint density at radius 2 is 1.76 bits per heavy atom. The summed E-state index contributed by atoms with van der Waals surface area (Å²) in [5, 5.41) is 7.66. The minimum Gasteiger partial charge on any atom is -0.377 e. The Kier molecular flexibility index (Phi) is 3.96. The summed E-state index contributed by atoms with van der Waals surface area (Å²) in [5.74, 6) is 0.945. The van der Waals surface area contributed by atoms with Crippen LogP contribution < -0.4 is 5.32 Å². The maximum atomic E-state index is 4.29. The van der Waals surface area contributed by atoms with Gasteiger partial charge in [0.2, 0.25) is 0 Å². The van der Waals surface area contributed by atoms with Crippen molar-refractivity contribution in [3.05, 3.63) is 66.7 Å². The molecule has 0 saturated carbocycles. The Morgan fingerprint density at radius 3 is 2.57 bits per heavy atom. The van der Waals surface area contributed by atoms with Crippen molar-refractivity contribution in [3.8, 4) is 11.1 Å². The van der Waals surface area contributed by atoms with Crippen LogP contribution in [-0.4, -0.2) is 14.8 Å². The van der Waals surface area contributed by atoms with E-state index < -0.39 is 0 Å². The van der Waals surface area contributed by atoms with Gasteiger partial charge in [-0.25, -0.2) is 9.67 Å². The molecule has 0 unspecified atom stereocenters. The van der Waals surface area contributed by atoms with Crippen LogP contribution in [0.5, 0.6) is 0 Å². The van der Waals surface area contributed by atoms with Gasteiger partial charge < -0.3 is 5.32 Å². The summed E-state index contributed by atoms with van der Waals surface area (Å²) in [5.41, 5.74) is 3.51. The van der Waals surface area contributed by atoms with Crippen LogP contribution >= 0.6 is 0 Å². The molecule has 3 rings (SSSR count). The molecule has 0 aliphatic heterocycles. The summed E-state index contributed by atoms with van der Waals surface area (Å²) < 4.78 is 1.90. The second-order valence-corrected chi connectivity index (χ2v) is 4.76. The lowest BCUT2D eigenvalue weighted by Crippen LogP contribution is -2.09. The van der Waals surface area contributed by atoms with Gasteiger partial charge in [-0.2, -0.15) is 5.10 Å². The first-order chi connectivity index (χ1) is 10.4. The molecule has 106 valence electrons. The van der Waals surface area contributed by atoms with Gasteiger partial charge >= 0.3 is 0 Å². The van der Waals surface area contributed by atoms with E-state index in [4.69, 9.17) is 0 Å². The van der Waals surface area contributed by atoms with E-state index in [0.29, 0.717) is 6.54 Å². The highest BCUT2D eigenvalue weighted by molar-refractivity contribution is 5.77. The molecule has 1 heterocycles. The van der Waals surface area contributed by atoms with E-state index in [-0.39, 0.29) is 0 Å². The van der Waals surface area contributed by atoms with Crippen molar-refractivity contribution in [3.63, 3.8) is 0 Å². The van der Waals surface area contributed by atoms with E-state index in [0.717, 1.165) is 18.1 Å². The average Bonchev–Trinajstić information content (AvgIpc) is 3.01. The summed E-state index contributed by atoms with van der Waals surface area (Å²) in [6.07, 6.45) is 1.60. The largest absolute Gasteiger partial charge is 0.377 e. The number of nitrogens with zero attached hydrogens (tertiary/aromatic N) is 3. The third-order valence-corrected chi connectivity index (χ3v) is 3.44. The standard InChI is InChI=1S/C17H18N4/c1-2-21-17(19-13-20-21)12-18-16-11-7-6-10-15(16)14-8-4-3-5-9-14/h3-11,13,18H,2,12H2,1H3. The van der Waals surface area contributed by atoms with Gasteiger partial charge in [0.05, 0.1) is 6.54 Å². The molecule has 1 N–H and O–H groups in total. The molecule has 0 radical (unpaired) electrons. The summed E-state index contributed by atoms with van der Waals surface area (Å²) in [6.45, 7) is 3.56. The van der Waals surface area contributed by atoms with Crippen LogP contribution in [0.4, 0.5) is 5.69 Å². The minimum atomic E-state index is 0.664. The molecular weight excluding hydrogens is 260 g/mol. The lowest BCUT2D eigenvalue weighted by molar-refractivity contribution is 0.622. The molecule has 4 heteroatoms. The van der Waals surface area contributed by atoms with Crippen molar-refractivity contribution < 1.29 is 0 Å². The highest BCUT2D eigenvalue weighted by Gasteiger charge is 2.06. The van der Waals surface area contributed by atoms with Crippen molar-refractivity contribution in [2.24, 2.45) is 0 Å². The number of para-hydroxylation sites is 1. The predicted octanol–water partition coefficient (Wildman–Crippen LogP) is 3.58. The molecule has 0 amide bonds. The Bertz CT molecular complexity index is 704. The van der Waals surface area contributed by atoms with Gasteiger partial charge in [-0.15, -0.1) is 0 Å². The average molecular weight is 278 g/mol. The summed E-state index contributed by atoms with van der Waals surface area (Å²) in [6, 6.07) is 18.7. The zero-order chi connectivity index (χ0) is 14.5. The van der Waals surface area contributed by atoms with Crippen LogP contribution in [0.15, 0.2) is 60.9 Å². The topological polar surface area (TPSA) is 42.7 Å². The fourth-order valence-corrected chi connectivity index (χ4v) is 2.37. The SMILES string of the molecule is CCn1ncnc1CNc1ccccc1-c1ccccc1. The van der Waals surface area contributed by atoms with Crippen LogP contribution in [0.3, 0.4) is 0 Å². The molecule has 0 atom stereocenters. The second-order valence-electron chi connectivity index (χ2n) is 4.76. The first-order valence-corrected chi connectivity index (χ1v) is 7.13. The van der Waals surface area contributed by atoms with Crippen LogP contribution in [0.25, 0.3) is 11.1 Å². The monoisotopic (exact) mass is 278 g/mol. The first-order valence-electron chi connectivity index (χ1n) is 7.13. The molecule has 2 aromatic carbocycles. The third kappa shape index (κ3) is 2.94. The van der Waals surface area contributed by atoms with E-state index in [1.165, 1.54) is 11.1 Å². The number of aromatic nitrogens is 3. The van der Waals surface area contributed by atoms with E-state index in [1.54, 1.807) is 6.33 Å². The highest BCUT2D eigenvalue weighted by atomic mass is 15.3. The predicted molar refractivity (Wildman–Crippen MR) is 84.9 cm³/mol. The number of rotatable bonds is 5. The summed E-state index contributed by atoms with van der Waals surface area (Å²) >= 11 is 0. The smallest absolute Gasteiger partial charge is 0.146 e. The normalized spacial score (nSPS) is 10.5. The van der Waals surface area contributed by atoms with Gasteiger partial charge in [0.25, 0.3) is 0 Å². The Morgan fingerprint density at radius 1 is 1.00 bits per heavy atom. The van der Waals surface area contributed by atoms with E-state index in [2.05, 4.69) is 64.8 Å². The molecule has 4 nitrogen and oxygen atoms in total. The molecule has 0 bridgehead atoms. The number of aryl methyl sites for hydroxylation is 1. The van der Waals surface area contributed by atoms with Crippen LogP contribution in [-0.2, 0) is 13.1 Å². The van der Waals surface area contributed by atoms with E-state index >= 15 is 0 Å². The van der Waals surface area contributed by atoms with Gasteiger partial charge in [-0.1, -0.05) is 48.5 Å². The number of hydrogen-bond donors (Lipinski definition) is 1. The maximum absolute atomic E-state index is 4.29. The van der Waals surface area contributed by atoms with Crippen molar-refractivity contribution in [1.29, 1.82) is 0 Å². The van der Waals surface area contributed by atoms with Crippen molar-refractivity contribution >= 4 is 5.69 Å². The first kappa shape index (κ1) is 13.4. The van der Waals surface area contributed by atoms with Crippen molar-refractivity contribution in [1.82, 2.24) is 14.8 Å². The van der Waals surface area contributed by atoms with Gasteiger partial charge in [-0.05, 0) is 18.6 Å². The number of hydrogen-bond acceptors (Lipinski definition) is 3. The van der Waals surface area contributed by atoms with Gasteiger partial charge in [0.1, 0.15) is 12.2 Å². The van der Waals surface area contributed by atoms with Gasteiger partial charge in [0, 0.05) is 17.8 Å². The Balaban J connectivity index is 1.83. The second kappa shape index (κ2) is 6.22. The molecule has 0 aliphatic carbocycles. The zero-order valence-electron chi connectivity index (χ0n) is 12.0. The minimum absolute atomic E-state index is 0.664. The van der Waals surface area contributed by atoms with Gasteiger partial charge in [0.15, 0.2) is 0 Å². The van der Waals surface area contributed by atoms with E-state index in [9.17, 15) is 0 Å². The Labute approximate surface area is 124 Å². The molecule has 0 spiro atoms. The van der Waals surface area contributed by atoms with E-state index in [1.807, 2.05) is 16.8 Å². The molecule has 21 heavy (non-hydrogen) atoms. The molecule has 1 aromatic heterocycles. The lowest BCUT2D eigenvalue weighted by atomic mass is 10.0. The van der Waals surface area contributed by atoms with Crippen molar-refractivity contribution in [2.75, 3.05) is 5.32 Å². The van der Waals surface area contributed by atoms with Gasteiger partial charge in [-0.3, -0.25) is 0 Å². The fraction of sp³-hybridized carbons (Fsp3) is 0.176. The number of anilines is 1. The summed E-state index contributed by atoms with van der Waals surface area (Å²) in [4.78, 5) is 4.29. The molecule has 0 saturated heterocycles. The van der Waals surface area contributed by atoms with Crippen LogP contribution in [0.1, 0.15) is 12.7 Å². The zero-order valence-corrected chi connectivity index (χ0v) is 12.0. The lowest BCUT2D eigenvalue weighted by Gasteiger charge is -2.12. The molecular formula is C17H18N4. The fourth-order valence-electron chi connectivity index (χ4n) is 2.37.